The van der Waals surface area contributed by atoms with E-state index in [9.17, 15) is 4.79 Å². The van der Waals surface area contributed by atoms with Crippen LogP contribution in [0.15, 0.2) is 60.7 Å². The van der Waals surface area contributed by atoms with E-state index in [1.807, 2.05) is 74.5 Å². The van der Waals surface area contributed by atoms with Crippen LogP contribution in [0.1, 0.15) is 49.0 Å². The van der Waals surface area contributed by atoms with Crippen LogP contribution in [0.3, 0.4) is 0 Å². The molecular weight excluding hydrogens is 558 g/mol. The zero-order valence-electron chi connectivity index (χ0n) is 23.9. The van der Waals surface area contributed by atoms with E-state index in [2.05, 4.69) is 4.90 Å². The minimum absolute atomic E-state index is 0. The fourth-order valence-electron chi connectivity index (χ4n) is 5.18. The Kier molecular flexibility index (Phi) is 10.9. The zero-order chi connectivity index (χ0) is 27.9. The number of fused-ring (bicyclic) bond motifs is 1. The average Bonchev–Trinajstić information content (AvgIpc) is 3.39. The molecule has 0 spiro atoms. The number of ether oxygens (including phenoxy) is 4. The first-order valence-corrected chi connectivity index (χ1v) is 14.9. The average molecular weight is 596 g/mol. The molecule has 0 unspecified atom stereocenters. The summed E-state index contributed by atoms with van der Waals surface area (Å²) in [6.45, 7) is 8.72. The number of hydrogen-bond acceptors (Lipinski definition) is 7. The number of nitrogens with zero attached hydrogens (tertiary/aromatic N) is 1. The highest BCUT2D eigenvalue weighted by Gasteiger charge is 2.26. The van der Waals surface area contributed by atoms with E-state index < -0.39 is 0 Å². The molecule has 5 rings (SSSR count). The van der Waals surface area contributed by atoms with Gasteiger partial charge in [0.05, 0.1) is 31.3 Å². The summed E-state index contributed by atoms with van der Waals surface area (Å²) in [5.41, 5.74) is 2.17. The van der Waals surface area contributed by atoms with Gasteiger partial charge in [0.25, 0.3) is 0 Å². The molecule has 0 N–H and O–H groups in total. The van der Waals surface area contributed by atoms with Crippen molar-refractivity contribution in [3.63, 3.8) is 0 Å². The highest BCUT2D eigenvalue weighted by molar-refractivity contribution is 7.23. The predicted molar refractivity (Wildman–Crippen MR) is 169 cm³/mol. The Labute approximate surface area is 252 Å². The van der Waals surface area contributed by atoms with Crippen molar-refractivity contribution in [3.8, 4) is 33.4 Å². The number of rotatable bonds is 12. The van der Waals surface area contributed by atoms with Crippen LogP contribution in [-0.2, 0) is 0 Å². The summed E-state index contributed by atoms with van der Waals surface area (Å²) in [6.07, 6.45) is 3.86. The molecule has 3 aromatic carbocycles. The van der Waals surface area contributed by atoms with Crippen molar-refractivity contribution in [1.29, 1.82) is 0 Å². The zero-order valence-corrected chi connectivity index (χ0v) is 25.6. The van der Waals surface area contributed by atoms with Gasteiger partial charge in [0.15, 0.2) is 17.3 Å². The van der Waals surface area contributed by atoms with E-state index in [-0.39, 0.29) is 18.2 Å². The van der Waals surface area contributed by atoms with Gasteiger partial charge >= 0.3 is 0 Å². The van der Waals surface area contributed by atoms with Crippen molar-refractivity contribution in [1.82, 2.24) is 4.90 Å². The molecule has 1 fully saturated rings. The van der Waals surface area contributed by atoms with Crippen LogP contribution < -0.4 is 18.9 Å². The molecule has 0 saturated carbocycles. The topological polar surface area (TPSA) is 57.2 Å². The second-order valence-electron chi connectivity index (χ2n) is 9.77. The first-order valence-electron chi connectivity index (χ1n) is 14.1. The molecule has 41 heavy (non-hydrogen) atoms. The highest BCUT2D eigenvalue weighted by atomic mass is 35.5. The van der Waals surface area contributed by atoms with Crippen molar-refractivity contribution >= 4 is 39.6 Å². The molecule has 0 amide bonds. The van der Waals surface area contributed by atoms with Gasteiger partial charge in [-0.05, 0) is 106 Å². The van der Waals surface area contributed by atoms with Crippen molar-refractivity contribution in [2.75, 3.05) is 46.6 Å². The molecule has 2 heterocycles. The summed E-state index contributed by atoms with van der Waals surface area (Å²) in [5, 5.41) is 0.787. The molecule has 1 aliphatic heterocycles. The largest absolute Gasteiger partial charge is 0.497 e. The lowest BCUT2D eigenvalue weighted by molar-refractivity contribution is 0.104. The molecule has 1 aliphatic rings. The predicted octanol–water partition coefficient (Wildman–Crippen LogP) is 7.89. The first kappa shape index (κ1) is 30.7. The Bertz CT molecular complexity index is 1430. The third-order valence-electron chi connectivity index (χ3n) is 7.18. The van der Waals surface area contributed by atoms with E-state index in [0.29, 0.717) is 42.4 Å². The van der Waals surface area contributed by atoms with Gasteiger partial charge in [-0.15, -0.1) is 23.7 Å². The number of ketones is 1. The summed E-state index contributed by atoms with van der Waals surface area (Å²) in [6, 6.07) is 19.2. The number of carbonyl (C=O) groups excluding carboxylic acids is 1. The van der Waals surface area contributed by atoms with Gasteiger partial charge in [-0.2, -0.15) is 0 Å². The van der Waals surface area contributed by atoms with Crippen molar-refractivity contribution in [2.45, 2.75) is 33.1 Å². The Morgan fingerprint density at radius 1 is 0.829 bits per heavy atom. The number of carbonyl (C=O) groups is 1. The molecule has 1 aromatic heterocycles. The van der Waals surface area contributed by atoms with Gasteiger partial charge in [-0.25, -0.2) is 0 Å². The number of benzene rings is 3. The number of methoxy groups -OCH3 is 1. The third-order valence-corrected chi connectivity index (χ3v) is 8.39. The van der Waals surface area contributed by atoms with E-state index in [1.54, 1.807) is 18.4 Å². The molecule has 8 heteroatoms. The molecule has 0 atom stereocenters. The van der Waals surface area contributed by atoms with Crippen LogP contribution in [0.4, 0.5) is 0 Å². The van der Waals surface area contributed by atoms with Gasteiger partial charge in [-0.1, -0.05) is 6.42 Å². The summed E-state index contributed by atoms with van der Waals surface area (Å²) in [4.78, 5) is 17.6. The maximum absolute atomic E-state index is 14.2. The molecule has 1 saturated heterocycles. The second kappa shape index (κ2) is 14.6. The lowest BCUT2D eigenvalue weighted by atomic mass is 9.97. The lowest BCUT2D eigenvalue weighted by Gasteiger charge is -2.26. The van der Waals surface area contributed by atoms with E-state index in [0.717, 1.165) is 51.7 Å². The van der Waals surface area contributed by atoms with E-state index in [4.69, 9.17) is 18.9 Å². The second-order valence-corrected chi connectivity index (χ2v) is 10.8. The SMILES string of the molecule is CCOc1ccc2sc(-c3ccc(OC)cc3)c(C(=O)c3ccc(OCCN4CCCCC4)cc3)c2c1OCC.Cl. The van der Waals surface area contributed by atoms with Gasteiger partial charge in [0, 0.05) is 21.7 Å². The molecular formula is C33H38ClNO5S. The molecule has 6 nitrogen and oxygen atoms in total. The van der Waals surface area contributed by atoms with Gasteiger partial charge in [0.1, 0.15) is 18.1 Å². The minimum atomic E-state index is -0.0634. The Morgan fingerprint density at radius 2 is 1.51 bits per heavy atom. The summed E-state index contributed by atoms with van der Waals surface area (Å²) < 4.78 is 24.4. The molecule has 0 radical (unpaired) electrons. The minimum Gasteiger partial charge on any atom is -0.497 e. The standard InChI is InChI=1S/C33H37NO5S.ClH/c1-4-37-27-17-18-28-29(32(27)38-5-2)30(33(40-28)24-11-13-25(36-3)14-12-24)31(35)23-9-15-26(16-10-23)39-22-21-34-19-7-6-8-20-34;/h9-18H,4-8,19-22H2,1-3H3;1H. The molecule has 0 bridgehead atoms. The van der Waals surface area contributed by atoms with Gasteiger partial charge in [0.2, 0.25) is 0 Å². The number of hydrogen-bond donors (Lipinski definition) is 0. The molecule has 218 valence electrons. The fourth-order valence-corrected chi connectivity index (χ4v) is 6.39. The molecule has 0 aliphatic carbocycles. The Balaban J connectivity index is 0.00000387. The maximum Gasteiger partial charge on any atom is 0.195 e. The normalized spacial score (nSPS) is 13.4. The summed E-state index contributed by atoms with van der Waals surface area (Å²) in [5.74, 6) is 2.72. The number of likely N-dealkylation sites (tertiary alicyclic amines) is 1. The van der Waals surface area contributed by atoms with Gasteiger partial charge < -0.3 is 18.9 Å². The fraction of sp³-hybridized carbons (Fsp3) is 0.364. The van der Waals surface area contributed by atoms with Crippen LogP contribution in [0.5, 0.6) is 23.0 Å². The van der Waals surface area contributed by atoms with E-state index in [1.165, 1.54) is 19.3 Å². The monoisotopic (exact) mass is 595 g/mol. The Hall–Kier alpha value is -3.26. The van der Waals surface area contributed by atoms with Crippen LogP contribution in [0.25, 0.3) is 20.5 Å². The molecule has 4 aromatic rings. The number of piperidine rings is 1. The smallest absolute Gasteiger partial charge is 0.195 e. The number of thiophene rings is 1. The Morgan fingerprint density at radius 3 is 2.17 bits per heavy atom. The summed E-state index contributed by atoms with van der Waals surface area (Å²) in [7, 11) is 1.65. The summed E-state index contributed by atoms with van der Waals surface area (Å²) >= 11 is 1.58. The van der Waals surface area contributed by atoms with Crippen LogP contribution >= 0.6 is 23.7 Å². The maximum atomic E-state index is 14.2. The highest BCUT2D eigenvalue weighted by Crippen LogP contribution is 2.47. The van der Waals surface area contributed by atoms with E-state index >= 15 is 0 Å². The van der Waals surface area contributed by atoms with Crippen molar-refractivity contribution in [2.24, 2.45) is 0 Å². The van der Waals surface area contributed by atoms with Crippen LogP contribution in [0.2, 0.25) is 0 Å². The van der Waals surface area contributed by atoms with Crippen molar-refractivity contribution in [3.05, 3.63) is 71.8 Å². The van der Waals surface area contributed by atoms with Crippen LogP contribution in [0, 0.1) is 0 Å². The van der Waals surface area contributed by atoms with Crippen LogP contribution in [-0.4, -0.2) is 57.2 Å². The third kappa shape index (κ3) is 6.97. The van der Waals surface area contributed by atoms with Gasteiger partial charge in [-0.3, -0.25) is 9.69 Å². The first-order chi connectivity index (χ1) is 19.6. The lowest BCUT2D eigenvalue weighted by Crippen LogP contribution is -2.33. The van der Waals surface area contributed by atoms with Crippen molar-refractivity contribution < 1.29 is 23.7 Å². The number of halogens is 1. The quantitative estimate of drug-likeness (QED) is 0.155.